The van der Waals surface area contributed by atoms with Crippen molar-refractivity contribution >= 4 is 11.6 Å². The van der Waals surface area contributed by atoms with Crippen LogP contribution in [-0.4, -0.2) is 35.1 Å². The zero-order chi connectivity index (χ0) is 14.4. The zero-order valence-corrected chi connectivity index (χ0v) is 12.1. The summed E-state index contributed by atoms with van der Waals surface area (Å²) >= 11 is 0. The van der Waals surface area contributed by atoms with Crippen LogP contribution in [0.1, 0.15) is 24.6 Å². The van der Waals surface area contributed by atoms with Crippen LogP contribution in [0.2, 0.25) is 0 Å². The van der Waals surface area contributed by atoms with Crippen LogP contribution in [0, 0.1) is 6.92 Å². The summed E-state index contributed by atoms with van der Waals surface area (Å²) in [7, 11) is 0. The van der Waals surface area contributed by atoms with Gasteiger partial charge in [0, 0.05) is 32.2 Å². The number of nitrogens with one attached hydrogen (secondary N) is 1. The summed E-state index contributed by atoms with van der Waals surface area (Å²) in [6.45, 7) is 6.02. The lowest BCUT2D eigenvalue weighted by atomic mass is 10.3. The summed E-state index contributed by atoms with van der Waals surface area (Å²) < 4.78 is 7.17. The molecule has 0 bridgehead atoms. The Morgan fingerprint density at radius 2 is 2.35 bits per heavy atom. The molecule has 20 heavy (non-hydrogen) atoms. The van der Waals surface area contributed by atoms with Gasteiger partial charge in [0.05, 0.1) is 12.1 Å². The van der Waals surface area contributed by atoms with Crippen LogP contribution in [0.3, 0.4) is 0 Å². The van der Waals surface area contributed by atoms with Crippen molar-refractivity contribution in [3.8, 4) is 0 Å². The molecule has 0 spiro atoms. The second-order valence-corrected chi connectivity index (χ2v) is 4.73. The molecule has 0 aliphatic carbocycles. The zero-order valence-electron chi connectivity index (χ0n) is 12.1. The minimum absolute atomic E-state index is 0.00237. The molecule has 1 N–H and O–H groups in total. The van der Waals surface area contributed by atoms with Gasteiger partial charge in [0.15, 0.2) is 0 Å². The number of rotatable bonds is 7. The minimum Gasteiger partial charge on any atom is -0.382 e. The lowest BCUT2D eigenvalue weighted by Gasteiger charge is -2.03. The van der Waals surface area contributed by atoms with Crippen LogP contribution in [0.5, 0.6) is 0 Å². The number of ether oxygens (including phenoxy) is 1. The highest BCUT2D eigenvalue weighted by Gasteiger charge is 2.08. The number of fused-ring (bicyclic) bond motifs is 1. The average Bonchev–Trinajstić information content (AvgIpc) is 2.82. The van der Waals surface area contributed by atoms with Crippen molar-refractivity contribution in [3.63, 3.8) is 0 Å². The smallest absolute Gasteiger partial charge is 0.226 e. The summed E-state index contributed by atoms with van der Waals surface area (Å²) in [6.07, 6.45) is 5.00. The number of hydrogen-bond acceptors (Lipinski definition) is 3. The monoisotopic (exact) mass is 275 g/mol. The number of carbonyl (C=O) groups excluding carboxylic acids is 1. The number of hydrogen-bond donors (Lipinski definition) is 1. The molecule has 0 fully saturated rings. The van der Waals surface area contributed by atoms with Gasteiger partial charge in [-0.2, -0.15) is 0 Å². The van der Waals surface area contributed by atoms with E-state index in [4.69, 9.17) is 4.74 Å². The third-order valence-corrected chi connectivity index (χ3v) is 3.06. The molecule has 2 aromatic heterocycles. The molecule has 1 amide bonds. The summed E-state index contributed by atoms with van der Waals surface area (Å²) in [5, 5.41) is 2.88. The third-order valence-electron chi connectivity index (χ3n) is 3.06. The Morgan fingerprint density at radius 3 is 3.10 bits per heavy atom. The highest BCUT2D eigenvalue weighted by molar-refractivity contribution is 5.78. The van der Waals surface area contributed by atoms with Gasteiger partial charge in [-0.3, -0.25) is 4.79 Å². The van der Waals surface area contributed by atoms with Gasteiger partial charge in [-0.25, -0.2) is 4.98 Å². The summed E-state index contributed by atoms with van der Waals surface area (Å²) in [4.78, 5) is 16.3. The third kappa shape index (κ3) is 3.81. The van der Waals surface area contributed by atoms with Crippen molar-refractivity contribution in [2.24, 2.45) is 0 Å². The molecule has 0 aliphatic rings. The van der Waals surface area contributed by atoms with Crippen LogP contribution in [-0.2, 0) is 16.0 Å². The molecule has 0 aliphatic heterocycles. The maximum atomic E-state index is 11.8. The first-order valence-electron chi connectivity index (χ1n) is 6.98. The molecule has 2 rings (SSSR count). The fourth-order valence-electron chi connectivity index (χ4n) is 2.06. The number of imidazole rings is 1. The molecule has 108 valence electrons. The van der Waals surface area contributed by atoms with Crippen molar-refractivity contribution in [2.75, 3.05) is 19.8 Å². The Kier molecular flexibility index (Phi) is 5.12. The molecule has 2 aromatic rings. The van der Waals surface area contributed by atoms with E-state index in [1.165, 1.54) is 0 Å². The van der Waals surface area contributed by atoms with E-state index in [2.05, 4.69) is 10.3 Å². The highest BCUT2D eigenvalue weighted by Crippen LogP contribution is 2.10. The summed E-state index contributed by atoms with van der Waals surface area (Å²) in [5.74, 6) is 0.00237. The molecule has 0 radical (unpaired) electrons. The topological polar surface area (TPSA) is 55.6 Å². The quantitative estimate of drug-likeness (QED) is 0.783. The molecule has 0 unspecified atom stereocenters. The van der Waals surface area contributed by atoms with Crippen LogP contribution >= 0.6 is 0 Å². The molecular formula is C15H21N3O2. The van der Waals surface area contributed by atoms with E-state index in [0.717, 1.165) is 23.3 Å². The van der Waals surface area contributed by atoms with Crippen LogP contribution < -0.4 is 5.32 Å². The highest BCUT2D eigenvalue weighted by atomic mass is 16.5. The molecule has 0 saturated carbocycles. The Balaban J connectivity index is 1.85. The first-order valence-corrected chi connectivity index (χ1v) is 6.98. The fourth-order valence-corrected chi connectivity index (χ4v) is 2.06. The van der Waals surface area contributed by atoms with Crippen molar-refractivity contribution in [1.82, 2.24) is 14.7 Å². The van der Waals surface area contributed by atoms with E-state index in [9.17, 15) is 4.79 Å². The summed E-state index contributed by atoms with van der Waals surface area (Å²) in [6, 6.07) is 3.99. The van der Waals surface area contributed by atoms with E-state index in [1.54, 1.807) is 0 Å². The van der Waals surface area contributed by atoms with Gasteiger partial charge >= 0.3 is 0 Å². The second kappa shape index (κ2) is 7.05. The van der Waals surface area contributed by atoms with Gasteiger partial charge in [0.2, 0.25) is 5.91 Å². The van der Waals surface area contributed by atoms with E-state index in [1.807, 2.05) is 42.8 Å². The van der Waals surface area contributed by atoms with Crippen molar-refractivity contribution in [2.45, 2.75) is 26.7 Å². The Bertz CT molecular complexity index is 578. The number of pyridine rings is 1. The fraction of sp³-hybridized carbons (Fsp3) is 0.467. The Hall–Kier alpha value is -1.88. The largest absolute Gasteiger partial charge is 0.382 e. The molecule has 0 aromatic carbocycles. The predicted molar refractivity (Wildman–Crippen MR) is 77.8 cm³/mol. The van der Waals surface area contributed by atoms with E-state index < -0.39 is 0 Å². The lowest BCUT2D eigenvalue weighted by molar-refractivity contribution is -0.120. The molecule has 0 saturated heterocycles. The van der Waals surface area contributed by atoms with Gasteiger partial charge in [-0.05, 0) is 31.9 Å². The number of aryl methyl sites for hydroxylation is 1. The van der Waals surface area contributed by atoms with Gasteiger partial charge in [0.1, 0.15) is 5.65 Å². The number of amides is 1. The number of nitrogens with zero attached hydrogens (tertiary/aromatic N) is 2. The first kappa shape index (κ1) is 14.5. The van der Waals surface area contributed by atoms with Crippen LogP contribution in [0.15, 0.2) is 24.5 Å². The molecule has 5 nitrogen and oxygen atoms in total. The number of aromatic nitrogens is 2. The summed E-state index contributed by atoms with van der Waals surface area (Å²) in [5.41, 5.74) is 2.81. The van der Waals surface area contributed by atoms with E-state index >= 15 is 0 Å². The van der Waals surface area contributed by atoms with Crippen LogP contribution in [0.4, 0.5) is 0 Å². The van der Waals surface area contributed by atoms with Gasteiger partial charge < -0.3 is 14.5 Å². The first-order chi connectivity index (χ1) is 9.70. The lowest BCUT2D eigenvalue weighted by Crippen LogP contribution is -2.26. The Labute approximate surface area is 119 Å². The van der Waals surface area contributed by atoms with E-state index in [-0.39, 0.29) is 5.91 Å². The molecular weight excluding hydrogens is 254 g/mol. The van der Waals surface area contributed by atoms with Crippen LogP contribution in [0.25, 0.3) is 5.65 Å². The molecule has 0 atom stereocenters. The average molecular weight is 275 g/mol. The number of carbonyl (C=O) groups is 1. The van der Waals surface area contributed by atoms with Gasteiger partial charge in [0.25, 0.3) is 0 Å². The SMILES string of the molecule is CCOCCCNC(=O)Cc1cn2cccc(C)c2n1. The van der Waals surface area contributed by atoms with Crippen molar-refractivity contribution in [3.05, 3.63) is 35.8 Å². The standard InChI is InChI=1S/C15H21N3O2/c1-3-20-9-5-7-16-14(19)10-13-11-18-8-4-6-12(2)15(18)17-13/h4,6,8,11H,3,5,7,9-10H2,1-2H3,(H,16,19). The van der Waals surface area contributed by atoms with Gasteiger partial charge in [-0.1, -0.05) is 6.07 Å². The normalized spacial score (nSPS) is 10.9. The molecule has 5 heteroatoms. The predicted octanol–water partition coefficient (Wildman–Crippen LogP) is 1.73. The van der Waals surface area contributed by atoms with Crippen molar-refractivity contribution in [1.29, 1.82) is 0 Å². The second-order valence-electron chi connectivity index (χ2n) is 4.73. The maximum Gasteiger partial charge on any atom is 0.226 e. The van der Waals surface area contributed by atoms with Crippen molar-refractivity contribution < 1.29 is 9.53 Å². The van der Waals surface area contributed by atoms with E-state index in [0.29, 0.717) is 26.2 Å². The van der Waals surface area contributed by atoms with Gasteiger partial charge in [-0.15, -0.1) is 0 Å². The molecule has 2 heterocycles. The Morgan fingerprint density at radius 1 is 1.50 bits per heavy atom. The maximum absolute atomic E-state index is 11.8. The minimum atomic E-state index is 0.00237.